The van der Waals surface area contributed by atoms with Crippen molar-refractivity contribution in [3.8, 4) is 11.1 Å². The van der Waals surface area contributed by atoms with Crippen LogP contribution in [0.15, 0.2) is 48.5 Å². The lowest BCUT2D eigenvalue weighted by molar-refractivity contribution is 0.585. The predicted octanol–water partition coefficient (Wildman–Crippen LogP) is 1.63. The average molecular weight is 288 g/mol. The Balaban J connectivity index is 1.91. The van der Waals surface area contributed by atoms with Crippen molar-refractivity contribution in [2.24, 2.45) is 5.14 Å². The summed E-state index contributed by atoms with van der Waals surface area (Å²) in [5.41, 5.74) is 4.78. The molecule has 0 spiro atoms. The summed E-state index contributed by atoms with van der Waals surface area (Å²) in [4.78, 5) is 0. The molecule has 1 aliphatic rings. The first-order valence-corrected chi connectivity index (χ1v) is 8.20. The van der Waals surface area contributed by atoms with E-state index in [0.29, 0.717) is 6.54 Å². The molecule has 0 aliphatic heterocycles. The summed E-state index contributed by atoms with van der Waals surface area (Å²) in [6.07, 6.45) is 0. The van der Waals surface area contributed by atoms with Crippen molar-refractivity contribution in [2.45, 2.75) is 6.04 Å². The molecule has 0 heterocycles. The number of fused-ring (bicyclic) bond motifs is 3. The van der Waals surface area contributed by atoms with E-state index in [1.807, 2.05) is 24.3 Å². The molecule has 0 radical (unpaired) electrons. The van der Waals surface area contributed by atoms with Crippen LogP contribution in [-0.4, -0.2) is 20.7 Å². The Bertz CT molecular complexity index is 696. The molecule has 0 amide bonds. The highest BCUT2D eigenvalue weighted by Gasteiger charge is 2.27. The SMILES string of the molecule is NS(=O)(=O)CCNC1c2ccccc2-c2ccccc21. The number of hydrogen-bond donors (Lipinski definition) is 2. The largest absolute Gasteiger partial charge is 0.305 e. The number of benzene rings is 2. The fourth-order valence-corrected chi connectivity index (χ4v) is 3.12. The van der Waals surface area contributed by atoms with Crippen molar-refractivity contribution < 1.29 is 8.42 Å². The molecule has 104 valence electrons. The van der Waals surface area contributed by atoms with E-state index in [-0.39, 0.29) is 11.8 Å². The Kier molecular flexibility index (Phi) is 3.33. The maximum atomic E-state index is 11.0. The second-order valence-electron chi connectivity index (χ2n) is 4.93. The van der Waals surface area contributed by atoms with Crippen LogP contribution in [0.3, 0.4) is 0 Å². The van der Waals surface area contributed by atoms with Gasteiger partial charge in [-0.15, -0.1) is 0 Å². The van der Waals surface area contributed by atoms with Gasteiger partial charge < -0.3 is 5.32 Å². The number of primary sulfonamides is 1. The first kappa shape index (κ1) is 13.3. The van der Waals surface area contributed by atoms with Gasteiger partial charge in [0.15, 0.2) is 0 Å². The molecule has 0 aromatic heterocycles. The highest BCUT2D eigenvalue weighted by atomic mass is 32.2. The molecule has 1 aliphatic carbocycles. The molecule has 0 saturated carbocycles. The molecule has 2 aromatic rings. The first-order valence-electron chi connectivity index (χ1n) is 6.48. The fraction of sp³-hybridized carbons (Fsp3) is 0.200. The van der Waals surface area contributed by atoms with Crippen LogP contribution in [0.1, 0.15) is 17.2 Å². The molecule has 0 bridgehead atoms. The zero-order valence-corrected chi connectivity index (χ0v) is 11.7. The highest BCUT2D eigenvalue weighted by Crippen LogP contribution is 2.42. The van der Waals surface area contributed by atoms with E-state index in [1.54, 1.807) is 0 Å². The van der Waals surface area contributed by atoms with E-state index in [2.05, 4.69) is 29.6 Å². The summed E-state index contributed by atoms with van der Waals surface area (Å²) < 4.78 is 22.1. The van der Waals surface area contributed by atoms with E-state index in [9.17, 15) is 8.42 Å². The molecular formula is C15H16N2O2S. The molecule has 4 nitrogen and oxygen atoms in total. The van der Waals surface area contributed by atoms with Crippen molar-refractivity contribution in [1.82, 2.24) is 5.32 Å². The summed E-state index contributed by atoms with van der Waals surface area (Å²) in [5.74, 6) is -0.0617. The van der Waals surface area contributed by atoms with Gasteiger partial charge in [-0.3, -0.25) is 0 Å². The molecule has 5 heteroatoms. The van der Waals surface area contributed by atoms with Crippen LogP contribution < -0.4 is 10.5 Å². The van der Waals surface area contributed by atoms with E-state index in [4.69, 9.17) is 5.14 Å². The molecule has 3 rings (SSSR count). The molecule has 0 atom stereocenters. The monoisotopic (exact) mass is 288 g/mol. The van der Waals surface area contributed by atoms with Gasteiger partial charge in [0.05, 0.1) is 11.8 Å². The van der Waals surface area contributed by atoms with Crippen LogP contribution in [0.25, 0.3) is 11.1 Å². The lowest BCUT2D eigenvalue weighted by Crippen LogP contribution is -2.29. The lowest BCUT2D eigenvalue weighted by atomic mass is 10.1. The Morgan fingerprint density at radius 2 is 1.45 bits per heavy atom. The molecular weight excluding hydrogens is 272 g/mol. The van der Waals surface area contributed by atoms with Gasteiger partial charge in [0.1, 0.15) is 0 Å². The highest BCUT2D eigenvalue weighted by molar-refractivity contribution is 7.89. The van der Waals surface area contributed by atoms with Gasteiger partial charge in [0.2, 0.25) is 10.0 Å². The van der Waals surface area contributed by atoms with E-state index < -0.39 is 10.0 Å². The van der Waals surface area contributed by atoms with E-state index in [1.165, 1.54) is 22.3 Å². The number of nitrogens with two attached hydrogens (primary N) is 1. The van der Waals surface area contributed by atoms with Gasteiger partial charge in [-0.1, -0.05) is 48.5 Å². The molecule has 20 heavy (non-hydrogen) atoms. The molecule has 3 N–H and O–H groups in total. The van der Waals surface area contributed by atoms with Crippen LogP contribution >= 0.6 is 0 Å². The smallest absolute Gasteiger partial charge is 0.210 e. The summed E-state index contributed by atoms with van der Waals surface area (Å²) in [7, 11) is -3.43. The van der Waals surface area contributed by atoms with E-state index in [0.717, 1.165) is 0 Å². The van der Waals surface area contributed by atoms with Gasteiger partial charge in [-0.25, -0.2) is 13.6 Å². The summed E-state index contributed by atoms with van der Waals surface area (Å²) in [5, 5.41) is 8.33. The standard InChI is InChI=1S/C15H16N2O2S/c16-20(18,19)10-9-17-15-13-7-3-1-5-11(13)12-6-2-4-8-14(12)15/h1-8,15,17H,9-10H2,(H2,16,18,19). The Morgan fingerprint density at radius 3 is 1.95 bits per heavy atom. The Labute approximate surface area is 118 Å². The van der Waals surface area contributed by atoms with Crippen molar-refractivity contribution in [1.29, 1.82) is 0 Å². The van der Waals surface area contributed by atoms with Crippen LogP contribution in [-0.2, 0) is 10.0 Å². The fourth-order valence-electron chi connectivity index (χ4n) is 2.72. The third-order valence-electron chi connectivity index (χ3n) is 3.57. The first-order chi connectivity index (χ1) is 9.56. The minimum absolute atomic E-state index is 0.0316. The molecule has 2 aromatic carbocycles. The lowest BCUT2D eigenvalue weighted by Gasteiger charge is -2.15. The summed E-state index contributed by atoms with van der Waals surface area (Å²) >= 11 is 0. The summed E-state index contributed by atoms with van der Waals surface area (Å²) in [6, 6.07) is 16.4. The van der Waals surface area contributed by atoms with Gasteiger partial charge in [0, 0.05) is 6.54 Å². The number of rotatable bonds is 4. The number of sulfonamides is 1. The van der Waals surface area contributed by atoms with Crippen molar-refractivity contribution in [3.63, 3.8) is 0 Å². The average Bonchev–Trinajstić information content (AvgIpc) is 2.73. The summed E-state index contributed by atoms with van der Waals surface area (Å²) in [6.45, 7) is 0.339. The van der Waals surface area contributed by atoms with Gasteiger partial charge in [-0.2, -0.15) is 0 Å². The normalized spacial score (nSPS) is 14.1. The molecule has 0 fully saturated rings. The minimum Gasteiger partial charge on any atom is -0.305 e. The maximum absolute atomic E-state index is 11.0. The quantitative estimate of drug-likeness (QED) is 0.898. The van der Waals surface area contributed by atoms with Gasteiger partial charge >= 0.3 is 0 Å². The zero-order valence-electron chi connectivity index (χ0n) is 10.9. The molecule has 0 unspecified atom stereocenters. The molecule has 0 saturated heterocycles. The Hall–Kier alpha value is -1.69. The maximum Gasteiger partial charge on any atom is 0.210 e. The topological polar surface area (TPSA) is 72.2 Å². The zero-order chi connectivity index (χ0) is 14.2. The van der Waals surface area contributed by atoms with Crippen LogP contribution in [0.2, 0.25) is 0 Å². The number of hydrogen-bond acceptors (Lipinski definition) is 3. The Morgan fingerprint density at radius 1 is 0.950 bits per heavy atom. The predicted molar refractivity (Wildman–Crippen MR) is 79.7 cm³/mol. The van der Waals surface area contributed by atoms with Crippen molar-refractivity contribution in [2.75, 3.05) is 12.3 Å². The second kappa shape index (κ2) is 5.01. The van der Waals surface area contributed by atoms with Gasteiger partial charge in [-0.05, 0) is 22.3 Å². The van der Waals surface area contributed by atoms with E-state index >= 15 is 0 Å². The van der Waals surface area contributed by atoms with Crippen LogP contribution in [0.4, 0.5) is 0 Å². The van der Waals surface area contributed by atoms with Crippen LogP contribution in [0.5, 0.6) is 0 Å². The second-order valence-corrected chi connectivity index (χ2v) is 6.66. The third-order valence-corrected chi connectivity index (χ3v) is 4.34. The number of nitrogens with one attached hydrogen (secondary N) is 1. The van der Waals surface area contributed by atoms with Crippen molar-refractivity contribution in [3.05, 3.63) is 59.7 Å². The minimum atomic E-state index is -3.43. The van der Waals surface area contributed by atoms with Crippen LogP contribution in [0, 0.1) is 0 Å². The van der Waals surface area contributed by atoms with Crippen molar-refractivity contribution >= 4 is 10.0 Å². The van der Waals surface area contributed by atoms with Gasteiger partial charge in [0.25, 0.3) is 0 Å². The third kappa shape index (κ3) is 2.47.